The van der Waals surface area contributed by atoms with Crippen LogP contribution in [0.3, 0.4) is 0 Å². The molecule has 1 unspecified atom stereocenters. The summed E-state index contributed by atoms with van der Waals surface area (Å²) < 4.78 is 24.5. The molecule has 0 saturated carbocycles. The van der Waals surface area contributed by atoms with Gasteiger partial charge in [-0.25, -0.2) is 0 Å². The van der Waals surface area contributed by atoms with Crippen molar-refractivity contribution in [2.24, 2.45) is 11.7 Å². The minimum atomic E-state index is -2.45. The molecule has 0 spiro atoms. The van der Waals surface area contributed by atoms with Crippen molar-refractivity contribution in [1.82, 2.24) is 4.90 Å². The molecule has 0 saturated heterocycles. The predicted molar refractivity (Wildman–Crippen MR) is 82.7 cm³/mol. The van der Waals surface area contributed by atoms with Crippen LogP contribution < -0.4 is 5.73 Å². The SMILES string of the molecule is CC(C)C(N)CCN(C)C(=O)c1ccc(SC(F)F)cc1. The van der Waals surface area contributed by atoms with Gasteiger partial charge >= 0.3 is 0 Å². The lowest BCUT2D eigenvalue weighted by molar-refractivity contribution is 0.0789. The molecular formula is C15H22F2N2OS. The Hall–Kier alpha value is -1.14. The lowest BCUT2D eigenvalue weighted by Crippen LogP contribution is -2.34. The number of hydrogen-bond acceptors (Lipinski definition) is 3. The summed E-state index contributed by atoms with van der Waals surface area (Å²) in [4.78, 5) is 14.2. The molecule has 1 aromatic carbocycles. The number of carbonyl (C=O) groups is 1. The average Bonchev–Trinajstić information content (AvgIpc) is 2.43. The van der Waals surface area contributed by atoms with E-state index >= 15 is 0 Å². The fourth-order valence-electron chi connectivity index (χ4n) is 1.78. The van der Waals surface area contributed by atoms with Crippen LogP contribution in [0, 0.1) is 5.92 Å². The zero-order valence-electron chi connectivity index (χ0n) is 12.6. The van der Waals surface area contributed by atoms with E-state index in [-0.39, 0.29) is 11.9 Å². The normalized spacial score (nSPS) is 12.8. The predicted octanol–water partition coefficient (Wildman–Crippen LogP) is 3.45. The van der Waals surface area contributed by atoms with Crippen molar-refractivity contribution < 1.29 is 13.6 Å². The van der Waals surface area contributed by atoms with E-state index in [2.05, 4.69) is 0 Å². The van der Waals surface area contributed by atoms with Gasteiger partial charge in [-0.05, 0) is 36.6 Å². The van der Waals surface area contributed by atoms with E-state index in [0.717, 1.165) is 6.42 Å². The topological polar surface area (TPSA) is 46.3 Å². The van der Waals surface area contributed by atoms with Crippen molar-refractivity contribution in [1.29, 1.82) is 0 Å². The maximum atomic E-state index is 12.2. The van der Waals surface area contributed by atoms with Crippen LogP contribution in [0.15, 0.2) is 29.2 Å². The summed E-state index contributed by atoms with van der Waals surface area (Å²) in [6, 6.07) is 6.29. The highest BCUT2D eigenvalue weighted by molar-refractivity contribution is 7.99. The molecule has 1 rings (SSSR count). The fourth-order valence-corrected chi connectivity index (χ4v) is 2.28. The van der Waals surface area contributed by atoms with Crippen molar-refractivity contribution in [3.63, 3.8) is 0 Å². The Labute approximate surface area is 128 Å². The maximum Gasteiger partial charge on any atom is 0.288 e. The van der Waals surface area contributed by atoms with Gasteiger partial charge in [-0.3, -0.25) is 4.79 Å². The third kappa shape index (κ3) is 6.01. The number of alkyl halides is 2. The summed E-state index contributed by atoms with van der Waals surface area (Å²) in [7, 11) is 1.72. The third-order valence-corrected chi connectivity index (χ3v) is 4.05. The molecule has 0 aliphatic heterocycles. The first-order valence-electron chi connectivity index (χ1n) is 6.87. The number of hydrogen-bond donors (Lipinski definition) is 1. The number of nitrogens with zero attached hydrogens (tertiary/aromatic N) is 1. The molecule has 0 aromatic heterocycles. The van der Waals surface area contributed by atoms with E-state index in [0.29, 0.717) is 34.7 Å². The first-order chi connectivity index (χ1) is 9.81. The quantitative estimate of drug-likeness (QED) is 0.784. The molecule has 2 N–H and O–H groups in total. The van der Waals surface area contributed by atoms with Gasteiger partial charge in [-0.1, -0.05) is 25.6 Å². The van der Waals surface area contributed by atoms with Crippen LogP contribution in [0.1, 0.15) is 30.6 Å². The first-order valence-corrected chi connectivity index (χ1v) is 7.75. The van der Waals surface area contributed by atoms with E-state index in [1.165, 1.54) is 12.1 Å². The molecule has 0 heterocycles. The Morgan fingerprint density at radius 2 is 1.86 bits per heavy atom. The van der Waals surface area contributed by atoms with Gasteiger partial charge in [0, 0.05) is 30.1 Å². The van der Waals surface area contributed by atoms with Gasteiger partial charge in [0.05, 0.1) is 0 Å². The minimum absolute atomic E-state index is 0.0602. The fraction of sp³-hybridized carbons (Fsp3) is 0.533. The Kier molecular flexibility index (Phi) is 7.11. The summed E-state index contributed by atoms with van der Waals surface area (Å²) in [5.41, 5.74) is 6.45. The van der Waals surface area contributed by atoms with Crippen LogP contribution >= 0.6 is 11.8 Å². The summed E-state index contributed by atoms with van der Waals surface area (Å²) in [6.07, 6.45) is 0.735. The van der Waals surface area contributed by atoms with E-state index in [1.54, 1.807) is 24.1 Å². The maximum absolute atomic E-state index is 12.2. The number of halogens is 2. The average molecular weight is 316 g/mol. The first kappa shape index (κ1) is 17.9. The smallest absolute Gasteiger partial charge is 0.288 e. The Morgan fingerprint density at radius 3 is 2.33 bits per heavy atom. The molecule has 0 aliphatic rings. The monoisotopic (exact) mass is 316 g/mol. The van der Waals surface area contributed by atoms with Crippen LogP contribution in [0.4, 0.5) is 8.78 Å². The van der Waals surface area contributed by atoms with Gasteiger partial charge < -0.3 is 10.6 Å². The molecule has 0 aliphatic carbocycles. The minimum Gasteiger partial charge on any atom is -0.342 e. The highest BCUT2D eigenvalue weighted by Gasteiger charge is 2.15. The van der Waals surface area contributed by atoms with Crippen molar-refractivity contribution in [2.45, 2.75) is 37.0 Å². The summed E-state index contributed by atoms with van der Waals surface area (Å²) in [5, 5.41) is 0. The second-order valence-electron chi connectivity index (χ2n) is 5.33. The van der Waals surface area contributed by atoms with Crippen LogP contribution in [-0.4, -0.2) is 36.2 Å². The molecule has 3 nitrogen and oxygen atoms in total. The molecule has 6 heteroatoms. The third-order valence-electron chi connectivity index (χ3n) is 3.33. The van der Waals surface area contributed by atoms with E-state index in [1.807, 2.05) is 13.8 Å². The largest absolute Gasteiger partial charge is 0.342 e. The molecule has 118 valence electrons. The highest BCUT2D eigenvalue weighted by Crippen LogP contribution is 2.25. The van der Waals surface area contributed by atoms with Gasteiger partial charge in [0.2, 0.25) is 0 Å². The number of rotatable bonds is 7. The van der Waals surface area contributed by atoms with Crippen LogP contribution in [0.25, 0.3) is 0 Å². The van der Waals surface area contributed by atoms with Gasteiger partial charge in [0.25, 0.3) is 11.7 Å². The van der Waals surface area contributed by atoms with Crippen LogP contribution in [0.2, 0.25) is 0 Å². The van der Waals surface area contributed by atoms with E-state index < -0.39 is 5.76 Å². The van der Waals surface area contributed by atoms with E-state index in [4.69, 9.17) is 5.73 Å². The molecular weight excluding hydrogens is 294 g/mol. The van der Waals surface area contributed by atoms with Crippen LogP contribution in [0.5, 0.6) is 0 Å². The number of thioether (sulfide) groups is 1. The number of nitrogens with two attached hydrogens (primary N) is 1. The highest BCUT2D eigenvalue weighted by atomic mass is 32.2. The summed E-state index contributed by atoms with van der Waals surface area (Å²) in [6.45, 7) is 4.67. The Morgan fingerprint density at radius 1 is 1.29 bits per heavy atom. The summed E-state index contributed by atoms with van der Waals surface area (Å²) >= 11 is 0.470. The molecule has 0 fully saturated rings. The van der Waals surface area contributed by atoms with Gasteiger partial charge in [0.1, 0.15) is 0 Å². The van der Waals surface area contributed by atoms with Crippen molar-refractivity contribution in [3.8, 4) is 0 Å². The second kappa shape index (κ2) is 8.34. The van der Waals surface area contributed by atoms with E-state index in [9.17, 15) is 13.6 Å². The van der Waals surface area contributed by atoms with Crippen molar-refractivity contribution in [2.75, 3.05) is 13.6 Å². The standard InChI is InChI=1S/C15H22F2N2OS/c1-10(2)13(18)8-9-19(3)14(20)11-4-6-12(7-5-11)21-15(16)17/h4-7,10,13,15H,8-9,18H2,1-3H3. The lowest BCUT2D eigenvalue weighted by atomic mass is 10.0. The Bertz CT molecular complexity index is 451. The van der Waals surface area contributed by atoms with Gasteiger partial charge in [0.15, 0.2) is 0 Å². The molecule has 1 aromatic rings. The lowest BCUT2D eigenvalue weighted by Gasteiger charge is -2.21. The molecule has 0 radical (unpaired) electrons. The summed E-state index contributed by atoms with van der Waals surface area (Å²) in [5.74, 6) is -2.20. The van der Waals surface area contributed by atoms with Gasteiger partial charge in [-0.15, -0.1) is 0 Å². The van der Waals surface area contributed by atoms with Crippen molar-refractivity contribution >= 4 is 17.7 Å². The zero-order chi connectivity index (χ0) is 16.0. The number of benzene rings is 1. The molecule has 1 atom stereocenters. The number of amides is 1. The van der Waals surface area contributed by atoms with Crippen LogP contribution in [-0.2, 0) is 0 Å². The Balaban J connectivity index is 2.57. The molecule has 1 amide bonds. The second-order valence-corrected chi connectivity index (χ2v) is 6.39. The molecule has 21 heavy (non-hydrogen) atoms. The zero-order valence-corrected chi connectivity index (χ0v) is 13.4. The molecule has 0 bridgehead atoms. The van der Waals surface area contributed by atoms with Gasteiger partial charge in [-0.2, -0.15) is 8.78 Å². The number of carbonyl (C=O) groups excluding carboxylic acids is 1. The van der Waals surface area contributed by atoms with Crippen molar-refractivity contribution in [3.05, 3.63) is 29.8 Å².